The number of nitrogens with two attached hydrogens (primary N) is 1. The summed E-state index contributed by atoms with van der Waals surface area (Å²) >= 11 is 0. The van der Waals surface area contributed by atoms with E-state index in [1.807, 2.05) is 0 Å². The first-order chi connectivity index (χ1) is 7.65. The van der Waals surface area contributed by atoms with Crippen LogP contribution in [0.2, 0.25) is 0 Å². The first-order valence-electron chi connectivity index (χ1n) is 4.52. The molecule has 0 aromatic carbocycles. The van der Waals surface area contributed by atoms with E-state index in [0.29, 0.717) is 12.2 Å². The highest BCUT2D eigenvalue weighted by Gasteiger charge is 2.09. The molecule has 0 atom stereocenters. The summed E-state index contributed by atoms with van der Waals surface area (Å²) in [5, 5.41) is 10.4. The summed E-state index contributed by atoms with van der Waals surface area (Å²) in [6, 6.07) is 3.39. The van der Waals surface area contributed by atoms with E-state index in [1.165, 1.54) is 12.5 Å². The van der Waals surface area contributed by atoms with E-state index in [0.717, 1.165) is 5.69 Å². The molecule has 0 saturated carbocycles. The smallest absolute Gasteiger partial charge is 0.381 e. The van der Waals surface area contributed by atoms with Gasteiger partial charge in [-0.3, -0.25) is 4.98 Å². The van der Waals surface area contributed by atoms with Crippen molar-refractivity contribution >= 4 is 11.5 Å². The quantitative estimate of drug-likeness (QED) is 0.608. The Hall–Kier alpha value is -2.44. The molecule has 0 radical (unpaired) electrons. The highest BCUT2D eigenvalue weighted by Crippen LogP contribution is 2.09. The molecular weight excluding hydrogens is 210 g/mol. The third kappa shape index (κ3) is 2.14. The topological polar surface area (TPSA) is 99.9 Å². The molecule has 2 aromatic rings. The van der Waals surface area contributed by atoms with Crippen LogP contribution in [0.1, 0.15) is 5.69 Å². The minimum Gasteiger partial charge on any atom is -0.399 e. The van der Waals surface area contributed by atoms with Gasteiger partial charge < -0.3 is 20.4 Å². The van der Waals surface area contributed by atoms with Crippen molar-refractivity contribution in [3.05, 3.63) is 46.7 Å². The average molecular weight is 219 g/mol. The largest absolute Gasteiger partial charge is 0.399 e. The van der Waals surface area contributed by atoms with Crippen LogP contribution in [0.5, 0.6) is 0 Å². The number of imidazole rings is 1. The Morgan fingerprint density at radius 3 is 2.94 bits per heavy atom. The van der Waals surface area contributed by atoms with Crippen LogP contribution in [-0.4, -0.2) is 19.5 Å². The predicted molar refractivity (Wildman–Crippen MR) is 56.6 cm³/mol. The van der Waals surface area contributed by atoms with Gasteiger partial charge >= 0.3 is 5.82 Å². The van der Waals surface area contributed by atoms with Crippen LogP contribution in [0.3, 0.4) is 0 Å². The standard InChI is InChI=1S/C9H9N5O2/c10-7-1-2-11-8(3-7)4-13-5-9(12-6-13)14(15)16/h1-3,5-6H,4H2,(H2,10,11). The molecular formula is C9H9N5O2. The number of nitrogens with zero attached hydrogens (tertiary/aromatic N) is 4. The molecule has 0 saturated heterocycles. The van der Waals surface area contributed by atoms with E-state index in [2.05, 4.69) is 9.97 Å². The molecule has 2 aromatic heterocycles. The van der Waals surface area contributed by atoms with Crippen molar-refractivity contribution < 1.29 is 4.92 Å². The van der Waals surface area contributed by atoms with Crippen molar-refractivity contribution in [2.24, 2.45) is 0 Å². The van der Waals surface area contributed by atoms with Gasteiger partial charge in [0.2, 0.25) is 6.33 Å². The summed E-state index contributed by atoms with van der Waals surface area (Å²) in [7, 11) is 0. The van der Waals surface area contributed by atoms with E-state index < -0.39 is 4.92 Å². The lowest BCUT2D eigenvalue weighted by atomic mass is 10.3. The number of nitrogen functional groups attached to an aromatic ring is 1. The van der Waals surface area contributed by atoms with Crippen LogP contribution in [0, 0.1) is 10.1 Å². The minimum absolute atomic E-state index is 0.177. The van der Waals surface area contributed by atoms with Crippen molar-refractivity contribution in [1.82, 2.24) is 14.5 Å². The normalized spacial score (nSPS) is 10.2. The summed E-state index contributed by atoms with van der Waals surface area (Å²) in [5.41, 5.74) is 6.93. The summed E-state index contributed by atoms with van der Waals surface area (Å²) < 4.78 is 1.58. The lowest BCUT2D eigenvalue weighted by Gasteiger charge is -2.00. The molecule has 16 heavy (non-hydrogen) atoms. The van der Waals surface area contributed by atoms with Crippen molar-refractivity contribution in [3.63, 3.8) is 0 Å². The molecule has 7 nitrogen and oxygen atoms in total. The van der Waals surface area contributed by atoms with E-state index >= 15 is 0 Å². The molecule has 82 valence electrons. The first kappa shape index (κ1) is 10.1. The molecule has 7 heteroatoms. The number of hydrogen-bond acceptors (Lipinski definition) is 5. The Morgan fingerprint density at radius 2 is 2.31 bits per heavy atom. The fraction of sp³-hybridized carbons (Fsp3) is 0.111. The zero-order chi connectivity index (χ0) is 11.5. The van der Waals surface area contributed by atoms with Gasteiger partial charge in [-0.1, -0.05) is 0 Å². The SMILES string of the molecule is Nc1ccnc(Cn2cnc([N+](=O)[O-])c2)c1. The second-order valence-corrected chi connectivity index (χ2v) is 3.24. The second-order valence-electron chi connectivity index (χ2n) is 3.24. The van der Waals surface area contributed by atoms with E-state index in [9.17, 15) is 10.1 Å². The predicted octanol–water partition coefficient (Wildman–Crippen LogP) is 0.817. The van der Waals surface area contributed by atoms with Crippen LogP contribution < -0.4 is 5.73 Å². The van der Waals surface area contributed by atoms with Gasteiger partial charge in [0.05, 0.1) is 12.2 Å². The van der Waals surface area contributed by atoms with Gasteiger partial charge in [-0.15, -0.1) is 0 Å². The Labute approximate surface area is 90.7 Å². The molecule has 0 aliphatic rings. The molecule has 0 aliphatic heterocycles. The maximum atomic E-state index is 10.4. The van der Waals surface area contributed by atoms with Crippen molar-refractivity contribution in [1.29, 1.82) is 0 Å². The van der Waals surface area contributed by atoms with Gasteiger partial charge in [0, 0.05) is 11.9 Å². The maximum absolute atomic E-state index is 10.4. The number of nitro groups is 1. The van der Waals surface area contributed by atoms with Crippen molar-refractivity contribution in [2.75, 3.05) is 5.73 Å². The van der Waals surface area contributed by atoms with Gasteiger partial charge in [-0.25, -0.2) is 0 Å². The monoisotopic (exact) mass is 219 g/mol. The van der Waals surface area contributed by atoms with Crippen LogP contribution in [0.4, 0.5) is 11.5 Å². The Bertz CT molecular complexity index is 522. The first-order valence-corrected chi connectivity index (χ1v) is 4.52. The summed E-state index contributed by atoms with van der Waals surface area (Å²) in [4.78, 5) is 17.6. The van der Waals surface area contributed by atoms with Gasteiger partial charge in [0.15, 0.2) is 0 Å². The van der Waals surface area contributed by atoms with Gasteiger partial charge in [-0.2, -0.15) is 0 Å². The van der Waals surface area contributed by atoms with Crippen LogP contribution >= 0.6 is 0 Å². The molecule has 0 fully saturated rings. The Morgan fingerprint density at radius 1 is 1.50 bits per heavy atom. The zero-order valence-corrected chi connectivity index (χ0v) is 8.28. The number of anilines is 1. The second kappa shape index (κ2) is 3.97. The molecule has 0 bridgehead atoms. The van der Waals surface area contributed by atoms with E-state index in [4.69, 9.17) is 5.73 Å². The molecule has 0 unspecified atom stereocenters. The zero-order valence-electron chi connectivity index (χ0n) is 8.28. The maximum Gasteiger partial charge on any atom is 0.381 e. The molecule has 0 aliphatic carbocycles. The third-order valence-corrected chi connectivity index (χ3v) is 1.99. The Kier molecular flexibility index (Phi) is 2.50. The summed E-state index contributed by atoms with van der Waals surface area (Å²) in [6.45, 7) is 0.409. The highest BCUT2D eigenvalue weighted by atomic mass is 16.6. The van der Waals surface area contributed by atoms with E-state index in [1.54, 1.807) is 22.9 Å². The molecule has 0 amide bonds. The van der Waals surface area contributed by atoms with E-state index in [-0.39, 0.29) is 5.82 Å². The summed E-state index contributed by atoms with van der Waals surface area (Å²) in [5.74, 6) is -0.177. The van der Waals surface area contributed by atoms with Crippen molar-refractivity contribution in [3.8, 4) is 0 Å². The molecule has 2 rings (SSSR count). The number of pyridine rings is 1. The third-order valence-electron chi connectivity index (χ3n) is 1.99. The number of hydrogen-bond donors (Lipinski definition) is 1. The fourth-order valence-electron chi connectivity index (χ4n) is 1.30. The van der Waals surface area contributed by atoms with Crippen LogP contribution in [-0.2, 0) is 6.54 Å². The Balaban J connectivity index is 2.17. The number of aromatic nitrogens is 3. The van der Waals surface area contributed by atoms with Crippen molar-refractivity contribution in [2.45, 2.75) is 6.54 Å². The van der Waals surface area contributed by atoms with Gasteiger partial charge in [0.25, 0.3) is 0 Å². The highest BCUT2D eigenvalue weighted by molar-refractivity contribution is 5.37. The molecule has 0 spiro atoms. The average Bonchev–Trinajstić information content (AvgIpc) is 2.66. The van der Waals surface area contributed by atoms with Gasteiger partial charge in [-0.05, 0) is 22.0 Å². The lowest BCUT2D eigenvalue weighted by Crippen LogP contribution is -2.00. The van der Waals surface area contributed by atoms with Crippen LogP contribution in [0.25, 0.3) is 0 Å². The minimum atomic E-state index is -0.538. The molecule has 2 heterocycles. The molecule has 2 N–H and O–H groups in total. The lowest BCUT2D eigenvalue weighted by molar-refractivity contribution is -0.389. The summed E-state index contributed by atoms with van der Waals surface area (Å²) in [6.07, 6.45) is 4.34. The fourth-order valence-corrected chi connectivity index (χ4v) is 1.30. The van der Waals surface area contributed by atoms with Crippen LogP contribution in [0.15, 0.2) is 30.9 Å². The number of rotatable bonds is 3. The van der Waals surface area contributed by atoms with Gasteiger partial charge in [0.1, 0.15) is 6.20 Å².